The first-order valence-corrected chi connectivity index (χ1v) is 5.39. The fourth-order valence-corrected chi connectivity index (χ4v) is 1.68. The molecule has 0 spiro atoms. The number of aldehydes is 1. The van der Waals surface area contributed by atoms with Crippen LogP contribution in [-0.4, -0.2) is 28.4 Å². The molecule has 0 saturated heterocycles. The second-order valence-electron chi connectivity index (χ2n) is 3.48. The molecule has 0 fully saturated rings. The Balaban J connectivity index is 2.52. The Bertz CT molecular complexity index is 586. The fraction of sp³-hybridized carbons (Fsp3) is 0.182. The molecular weight excluding hydrogens is 261 g/mol. The van der Waals surface area contributed by atoms with Crippen LogP contribution in [0.3, 0.4) is 0 Å². The molecule has 7 heteroatoms. The smallest absolute Gasteiger partial charge is 0.172 e. The highest BCUT2D eigenvalue weighted by atomic mass is 35.5. The molecule has 1 heterocycles. The van der Waals surface area contributed by atoms with Crippen LogP contribution in [0.25, 0.3) is 5.69 Å². The second-order valence-corrected chi connectivity index (χ2v) is 3.89. The highest BCUT2D eigenvalue weighted by Crippen LogP contribution is 2.20. The Morgan fingerprint density at radius 3 is 2.94 bits per heavy atom. The Hall–Kier alpha value is -1.79. The summed E-state index contributed by atoms with van der Waals surface area (Å²) in [6.07, 6.45) is 0.586. The van der Waals surface area contributed by atoms with Gasteiger partial charge in [0.2, 0.25) is 0 Å². The summed E-state index contributed by atoms with van der Waals surface area (Å²) in [7, 11) is 1.49. The maximum absolute atomic E-state index is 13.1. The largest absolute Gasteiger partial charge is 0.378 e. The number of nitrogens with zero attached hydrogens (tertiary/aromatic N) is 3. The van der Waals surface area contributed by atoms with E-state index in [1.54, 1.807) is 0 Å². The Morgan fingerprint density at radius 1 is 1.56 bits per heavy atom. The molecule has 0 amide bonds. The molecular formula is C11H9ClFN3O2. The van der Waals surface area contributed by atoms with Crippen LogP contribution in [0.15, 0.2) is 18.2 Å². The number of carbonyl (C=O) groups excluding carboxylic acids is 1. The van der Waals surface area contributed by atoms with E-state index in [0.29, 0.717) is 17.7 Å². The van der Waals surface area contributed by atoms with Crippen molar-refractivity contribution in [1.82, 2.24) is 15.0 Å². The van der Waals surface area contributed by atoms with Gasteiger partial charge in [0.15, 0.2) is 12.0 Å². The third-order valence-corrected chi connectivity index (χ3v) is 2.62. The van der Waals surface area contributed by atoms with Gasteiger partial charge in [-0.3, -0.25) is 4.79 Å². The Morgan fingerprint density at radius 2 is 2.33 bits per heavy atom. The van der Waals surface area contributed by atoms with Crippen LogP contribution in [-0.2, 0) is 11.3 Å². The lowest BCUT2D eigenvalue weighted by Gasteiger charge is -2.06. The third kappa shape index (κ3) is 2.25. The van der Waals surface area contributed by atoms with Gasteiger partial charge < -0.3 is 4.74 Å². The molecule has 0 aliphatic carbocycles. The van der Waals surface area contributed by atoms with E-state index < -0.39 is 5.82 Å². The molecule has 94 valence electrons. The summed E-state index contributed by atoms with van der Waals surface area (Å²) < 4.78 is 19.4. The van der Waals surface area contributed by atoms with E-state index in [1.165, 1.54) is 30.0 Å². The maximum atomic E-state index is 13.1. The zero-order valence-corrected chi connectivity index (χ0v) is 10.2. The monoisotopic (exact) mass is 269 g/mol. The van der Waals surface area contributed by atoms with Crippen LogP contribution in [0.5, 0.6) is 0 Å². The molecule has 18 heavy (non-hydrogen) atoms. The maximum Gasteiger partial charge on any atom is 0.172 e. The topological polar surface area (TPSA) is 57.0 Å². The summed E-state index contributed by atoms with van der Waals surface area (Å²) in [6, 6.07) is 4.11. The number of carbonyl (C=O) groups is 1. The highest BCUT2D eigenvalue weighted by molar-refractivity contribution is 6.30. The second kappa shape index (κ2) is 5.24. The average Bonchev–Trinajstić information content (AvgIpc) is 2.76. The van der Waals surface area contributed by atoms with Gasteiger partial charge in [0.25, 0.3) is 0 Å². The van der Waals surface area contributed by atoms with Crippen molar-refractivity contribution < 1.29 is 13.9 Å². The standard InChI is InChI=1S/C11H9ClFN3O2/c1-18-6-11-10(5-17)14-15-16(11)7-2-3-9(13)8(12)4-7/h2-5H,6H2,1H3. The molecule has 2 rings (SSSR count). The van der Waals surface area contributed by atoms with Gasteiger partial charge in [-0.2, -0.15) is 0 Å². The lowest BCUT2D eigenvalue weighted by molar-refractivity contribution is 0.111. The van der Waals surface area contributed by atoms with Crippen LogP contribution in [0.1, 0.15) is 16.2 Å². The number of rotatable bonds is 4. The van der Waals surface area contributed by atoms with E-state index in [-0.39, 0.29) is 17.3 Å². The van der Waals surface area contributed by atoms with E-state index >= 15 is 0 Å². The summed E-state index contributed by atoms with van der Waals surface area (Å²) in [6.45, 7) is 0.163. The van der Waals surface area contributed by atoms with Gasteiger partial charge in [0.1, 0.15) is 11.5 Å². The first kappa shape index (κ1) is 12.7. The summed E-state index contributed by atoms with van der Waals surface area (Å²) in [5, 5.41) is 7.50. The number of methoxy groups -OCH3 is 1. The number of benzene rings is 1. The van der Waals surface area contributed by atoms with Gasteiger partial charge >= 0.3 is 0 Å². The number of aromatic nitrogens is 3. The summed E-state index contributed by atoms with van der Waals surface area (Å²) in [4.78, 5) is 10.8. The minimum atomic E-state index is -0.524. The van der Waals surface area contributed by atoms with Crippen molar-refractivity contribution in [3.63, 3.8) is 0 Å². The predicted molar refractivity (Wildman–Crippen MR) is 62.4 cm³/mol. The normalized spacial score (nSPS) is 10.6. The van der Waals surface area contributed by atoms with Gasteiger partial charge in [-0.1, -0.05) is 16.8 Å². The summed E-state index contributed by atoms with van der Waals surface area (Å²) in [5.74, 6) is -0.524. The van der Waals surface area contributed by atoms with Crippen LogP contribution in [0, 0.1) is 5.82 Å². The molecule has 1 aromatic heterocycles. The van der Waals surface area contributed by atoms with Crippen molar-refractivity contribution in [2.75, 3.05) is 7.11 Å². The molecule has 0 radical (unpaired) electrons. The summed E-state index contributed by atoms with van der Waals surface area (Å²) >= 11 is 5.70. The number of hydrogen-bond donors (Lipinski definition) is 0. The molecule has 0 aliphatic rings. The van der Waals surface area contributed by atoms with Crippen LogP contribution < -0.4 is 0 Å². The minimum absolute atomic E-state index is 0.0287. The number of hydrogen-bond acceptors (Lipinski definition) is 4. The van der Waals surface area contributed by atoms with Crippen molar-refractivity contribution in [2.45, 2.75) is 6.61 Å². The van der Waals surface area contributed by atoms with Crippen molar-refractivity contribution in [2.24, 2.45) is 0 Å². The van der Waals surface area contributed by atoms with Gasteiger partial charge in [0, 0.05) is 7.11 Å². The minimum Gasteiger partial charge on any atom is -0.378 e. The molecule has 0 saturated carbocycles. The van der Waals surface area contributed by atoms with Crippen LogP contribution in [0.2, 0.25) is 5.02 Å². The molecule has 2 aromatic rings. The van der Waals surface area contributed by atoms with Crippen molar-refractivity contribution in [3.8, 4) is 5.69 Å². The predicted octanol–water partition coefficient (Wildman–Crippen LogP) is 2.02. The van der Waals surface area contributed by atoms with E-state index in [0.717, 1.165) is 0 Å². The molecule has 0 bridgehead atoms. The molecule has 0 atom stereocenters. The van der Waals surface area contributed by atoms with Crippen LogP contribution >= 0.6 is 11.6 Å². The van der Waals surface area contributed by atoms with Gasteiger partial charge in [-0.25, -0.2) is 9.07 Å². The average molecular weight is 270 g/mol. The third-order valence-electron chi connectivity index (χ3n) is 2.33. The van der Waals surface area contributed by atoms with Gasteiger partial charge in [0.05, 0.1) is 17.3 Å². The first-order valence-electron chi connectivity index (χ1n) is 5.01. The van der Waals surface area contributed by atoms with Gasteiger partial charge in [-0.15, -0.1) is 5.10 Å². The van der Waals surface area contributed by atoms with Crippen LogP contribution in [0.4, 0.5) is 4.39 Å². The quantitative estimate of drug-likeness (QED) is 0.797. The zero-order valence-electron chi connectivity index (χ0n) is 9.43. The fourth-order valence-electron chi connectivity index (χ4n) is 1.50. The van der Waals surface area contributed by atoms with Crippen molar-refractivity contribution in [3.05, 3.63) is 40.4 Å². The van der Waals surface area contributed by atoms with E-state index in [9.17, 15) is 9.18 Å². The Labute approximate surface area is 107 Å². The molecule has 0 aliphatic heterocycles. The molecule has 1 aromatic carbocycles. The SMILES string of the molecule is COCc1c(C=O)nnn1-c1ccc(F)c(Cl)c1. The van der Waals surface area contributed by atoms with Gasteiger partial charge in [-0.05, 0) is 18.2 Å². The van der Waals surface area contributed by atoms with E-state index in [4.69, 9.17) is 16.3 Å². The summed E-state index contributed by atoms with van der Waals surface area (Å²) in [5.41, 5.74) is 1.17. The molecule has 0 N–H and O–H groups in total. The Kier molecular flexibility index (Phi) is 3.69. The lowest BCUT2D eigenvalue weighted by Crippen LogP contribution is -2.05. The van der Waals surface area contributed by atoms with E-state index in [2.05, 4.69) is 10.3 Å². The molecule has 5 nitrogen and oxygen atoms in total. The highest BCUT2D eigenvalue weighted by Gasteiger charge is 2.14. The zero-order chi connectivity index (χ0) is 13.1. The van der Waals surface area contributed by atoms with Crippen molar-refractivity contribution >= 4 is 17.9 Å². The molecule has 0 unspecified atom stereocenters. The van der Waals surface area contributed by atoms with Crippen molar-refractivity contribution in [1.29, 1.82) is 0 Å². The lowest BCUT2D eigenvalue weighted by atomic mass is 10.3. The number of ether oxygens (including phenoxy) is 1. The number of halogens is 2. The first-order chi connectivity index (χ1) is 8.67. The van der Waals surface area contributed by atoms with E-state index in [1.807, 2.05) is 0 Å².